The molecule has 0 saturated heterocycles. The second-order valence-electron chi connectivity index (χ2n) is 7.14. The zero-order valence-electron chi connectivity index (χ0n) is 16.1. The maximum absolute atomic E-state index is 12.7. The predicted molar refractivity (Wildman–Crippen MR) is 108 cm³/mol. The van der Waals surface area contributed by atoms with Crippen LogP contribution in [0, 0.1) is 0 Å². The van der Waals surface area contributed by atoms with Gasteiger partial charge in [-0.15, -0.1) is 0 Å². The predicted octanol–water partition coefficient (Wildman–Crippen LogP) is 3.37. The van der Waals surface area contributed by atoms with Gasteiger partial charge in [0.2, 0.25) is 10.0 Å². The number of amides is 1. The minimum absolute atomic E-state index is 0.0454. The number of carbonyl (C=O) groups is 1. The number of hydrogen-bond acceptors (Lipinski definition) is 5. The molecule has 0 aliphatic heterocycles. The van der Waals surface area contributed by atoms with E-state index in [2.05, 4.69) is 10.0 Å². The van der Waals surface area contributed by atoms with Gasteiger partial charge in [0.1, 0.15) is 22.0 Å². The Kier molecular flexibility index (Phi) is 5.06. The van der Waals surface area contributed by atoms with Crippen molar-refractivity contribution in [2.24, 2.45) is 0 Å². The van der Waals surface area contributed by atoms with Crippen LogP contribution in [-0.2, 0) is 10.0 Å². The van der Waals surface area contributed by atoms with Crippen molar-refractivity contribution in [3.05, 3.63) is 59.9 Å². The number of sulfonamides is 1. The van der Waals surface area contributed by atoms with E-state index < -0.39 is 15.9 Å². The Morgan fingerprint density at radius 3 is 2.62 bits per heavy atom. The van der Waals surface area contributed by atoms with Crippen molar-refractivity contribution in [1.29, 1.82) is 0 Å². The molecular formula is C21H22N2O5S. The average Bonchev–Trinajstić information content (AvgIpc) is 3.40. The number of rotatable bonds is 7. The summed E-state index contributed by atoms with van der Waals surface area (Å²) in [6.07, 6.45) is 1.63. The third kappa shape index (κ3) is 4.13. The van der Waals surface area contributed by atoms with Crippen LogP contribution in [0.5, 0.6) is 5.75 Å². The van der Waals surface area contributed by atoms with Crippen LogP contribution < -0.4 is 14.8 Å². The lowest BCUT2D eigenvalue weighted by molar-refractivity contribution is 0.0935. The quantitative estimate of drug-likeness (QED) is 0.618. The number of ether oxygens (including phenoxy) is 1. The first-order chi connectivity index (χ1) is 13.9. The Hall–Kier alpha value is -2.84. The number of methoxy groups -OCH3 is 1. The molecule has 7 nitrogen and oxygen atoms in total. The second-order valence-corrected chi connectivity index (χ2v) is 8.83. The van der Waals surface area contributed by atoms with E-state index in [4.69, 9.17) is 9.15 Å². The zero-order valence-corrected chi connectivity index (χ0v) is 17.0. The maximum Gasteiger partial charge on any atom is 0.251 e. The van der Waals surface area contributed by atoms with Crippen molar-refractivity contribution < 1.29 is 22.4 Å². The summed E-state index contributed by atoms with van der Waals surface area (Å²) < 4.78 is 38.9. The number of benzene rings is 2. The van der Waals surface area contributed by atoms with Crippen molar-refractivity contribution in [2.45, 2.75) is 36.7 Å². The molecule has 0 unspecified atom stereocenters. The van der Waals surface area contributed by atoms with E-state index in [9.17, 15) is 13.2 Å². The Labute approximate surface area is 169 Å². The summed E-state index contributed by atoms with van der Waals surface area (Å²) in [5.74, 6) is 0.417. The highest BCUT2D eigenvalue weighted by molar-refractivity contribution is 7.89. The van der Waals surface area contributed by atoms with Crippen LogP contribution in [0.4, 0.5) is 0 Å². The molecule has 1 heterocycles. The number of furan rings is 1. The number of para-hydroxylation sites is 1. The van der Waals surface area contributed by atoms with E-state index in [0.29, 0.717) is 5.76 Å². The summed E-state index contributed by atoms with van der Waals surface area (Å²) >= 11 is 0. The lowest BCUT2D eigenvalue weighted by Crippen LogP contribution is -2.28. The highest BCUT2D eigenvalue weighted by Gasteiger charge is 2.30. The van der Waals surface area contributed by atoms with Gasteiger partial charge in [0.15, 0.2) is 0 Å². The van der Waals surface area contributed by atoms with Gasteiger partial charge in [-0.1, -0.05) is 18.2 Å². The number of nitrogens with one attached hydrogen (secondary N) is 2. The first-order valence-electron chi connectivity index (χ1n) is 9.37. The van der Waals surface area contributed by atoms with Gasteiger partial charge in [0, 0.05) is 17.0 Å². The van der Waals surface area contributed by atoms with Gasteiger partial charge in [-0.25, -0.2) is 13.1 Å². The first kappa shape index (κ1) is 19.5. The lowest BCUT2D eigenvalue weighted by atomic mass is 10.1. The van der Waals surface area contributed by atoms with Gasteiger partial charge in [-0.2, -0.15) is 0 Å². The van der Waals surface area contributed by atoms with Crippen molar-refractivity contribution in [3.63, 3.8) is 0 Å². The molecule has 2 N–H and O–H groups in total. The van der Waals surface area contributed by atoms with Crippen LogP contribution in [0.2, 0.25) is 0 Å². The maximum atomic E-state index is 12.7. The zero-order chi connectivity index (χ0) is 20.6. The topological polar surface area (TPSA) is 97.6 Å². The Morgan fingerprint density at radius 1 is 1.17 bits per heavy atom. The SMILES string of the molecule is COc1ccc(C(=O)N[C@@H](C)c2cc3ccccc3o2)cc1S(=O)(=O)NC1CC1. The van der Waals surface area contributed by atoms with Gasteiger partial charge in [0.05, 0.1) is 13.2 Å². The lowest BCUT2D eigenvalue weighted by Gasteiger charge is -2.14. The molecule has 0 spiro atoms. The van der Waals surface area contributed by atoms with Gasteiger partial charge in [-0.3, -0.25) is 4.79 Å². The van der Waals surface area contributed by atoms with Crippen molar-refractivity contribution in [1.82, 2.24) is 10.0 Å². The summed E-state index contributed by atoms with van der Waals surface area (Å²) in [6, 6.07) is 13.4. The number of carbonyl (C=O) groups excluding carboxylic acids is 1. The summed E-state index contributed by atoms with van der Waals surface area (Å²) in [5, 5.41) is 3.81. The minimum Gasteiger partial charge on any atom is -0.495 e. The van der Waals surface area contributed by atoms with E-state index >= 15 is 0 Å². The van der Waals surface area contributed by atoms with Gasteiger partial charge in [0.25, 0.3) is 5.91 Å². The van der Waals surface area contributed by atoms with E-state index in [1.807, 2.05) is 37.3 Å². The largest absolute Gasteiger partial charge is 0.495 e. The molecule has 1 atom stereocenters. The summed E-state index contributed by atoms with van der Waals surface area (Å²) in [7, 11) is -2.37. The highest BCUT2D eigenvalue weighted by Crippen LogP contribution is 2.29. The fraction of sp³-hybridized carbons (Fsp3) is 0.286. The third-order valence-corrected chi connectivity index (χ3v) is 6.38. The van der Waals surface area contributed by atoms with Crippen molar-refractivity contribution in [2.75, 3.05) is 7.11 Å². The molecule has 8 heteroatoms. The summed E-state index contributed by atoms with van der Waals surface area (Å²) in [6.45, 7) is 1.81. The molecule has 1 aliphatic rings. The van der Waals surface area contributed by atoms with Crippen LogP contribution in [0.25, 0.3) is 11.0 Å². The van der Waals surface area contributed by atoms with Crippen LogP contribution in [0.15, 0.2) is 57.8 Å². The molecule has 4 rings (SSSR count). The molecule has 0 bridgehead atoms. The van der Waals surface area contributed by atoms with Crippen LogP contribution in [0.1, 0.15) is 41.9 Å². The number of fused-ring (bicyclic) bond motifs is 1. The fourth-order valence-corrected chi connectivity index (χ4v) is 4.58. The average molecular weight is 414 g/mol. The smallest absolute Gasteiger partial charge is 0.251 e. The molecule has 152 valence electrons. The van der Waals surface area contributed by atoms with E-state index in [1.165, 1.54) is 25.3 Å². The van der Waals surface area contributed by atoms with E-state index in [-0.39, 0.29) is 28.3 Å². The summed E-state index contributed by atoms with van der Waals surface area (Å²) in [5.41, 5.74) is 0.970. The highest BCUT2D eigenvalue weighted by atomic mass is 32.2. The monoisotopic (exact) mass is 414 g/mol. The first-order valence-corrected chi connectivity index (χ1v) is 10.9. The Morgan fingerprint density at radius 2 is 1.93 bits per heavy atom. The molecule has 1 aromatic heterocycles. The third-order valence-electron chi connectivity index (χ3n) is 4.83. The van der Waals surface area contributed by atoms with E-state index in [1.54, 1.807) is 0 Å². The molecular weight excluding hydrogens is 392 g/mol. The molecule has 2 aromatic carbocycles. The second kappa shape index (κ2) is 7.53. The standard InChI is InChI=1S/C21H22N2O5S/c1-13(19-11-14-5-3-4-6-17(14)28-19)22-21(24)15-7-10-18(27-2)20(12-15)29(25,26)23-16-8-9-16/h3-7,10-13,16,23H,8-9H2,1-2H3,(H,22,24)/t13-/m0/s1. The number of hydrogen-bond donors (Lipinski definition) is 2. The van der Waals surface area contributed by atoms with Crippen LogP contribution >= 0.6 is 0 Å². The molecule has 3 aromatic rings. The minimum atomic E-state index is -3.77. The molecule has 1 amide bonds. The van der Waals surface area contributed by atoms with Crippen LogP contribution in [0.3, 0.4) is 0 Å². The molecule has 1 fully saturated rings. The molecule has 1 saturated carbocycles. The molecule has 0 radical (unpaired) electrons. The van der Waals surface area contributed by atoms with Gasteiger partial charge >= 0.3 is 0 Å². The molecule has 29 heavy (non-hydrogen) atoms. The summed E-state index contributed by atoms with van der Waals surface area (Å²) in [4.78, 5) is 12.7. The molecule has 1 aliphatic carbocycles. The normalized spacial score (nSPS) is 15.2. The van der Waals surface area contributed by atoms with Crippen LogP contribution in [-0.4, -0.2) is 27.5 Å². The van der Waals surface area contributed by atoms with Gasteiger partial charge in [-0.05, 0) is 50.1 Å². The Balaban J connectivity index is 1.57. The fourth-order valence-electron chi connectivity index (χ4n) is 3.08. The van der Waals surface area contributed by atoms with Crippen molar-refractivity contribution >= 4 is 26.9 Å². The Bertz CT molecular complexity index is 1130. The van der Waals surface area contributed by atoms with Crippen molar-refractivity contribution in [3.8, 4) is 5.75 Å². The van der Waals surface area contributed by atoms with Gasteiger partial charge < -0.3 is 14.5 Å². The van der Waals surface area contributed by atoms with E-state index in [0.717, 1.165) is 23.8 Å².